The van der Waals surface area contributed by atoms with Gasteiger partial charge in [0.25, 0.3) is 0 Å². The van der Waals surface area contributed by atoms with Crippen molar-refractivity contribution in [2.75, 3.05) is 13.2 Å². The van der Waals surface area contributed by atoms with Gasteiger partial charge in [0.2, 0.25) is 0 Å². The highest BCUT2D eigenvalue weighted by Gasteiger charge is 2.13. The second-order valence-corrected chi connectivity index (χ2v) is 6.95. The molecule has 3 aromatic rings. The van der Waals surface area contributed by atoms with E-state index in [-0.39, 0.29) is 0 Å². The van der Waals surface area contributed by atoms with E-state index in [0.29, 0.717) is 18.8 Å². The molecule has 0 amide bonds. The maximum absolute atomic E-state index is 11.1. The van der Waals surface area contributed by atoms with Crippen LogP contribution in [0.1, 0.15) is 32.6 Å². The number of hydrogen-bond acceptors (Lipinski definition) is 3. The minimum atomic E-state index is 0.581. The molecule has 28 heavy (non-hydrogen) atoms. The van der Waals surface area contributed by atoms with Crippen LogP contribution in [0.25, 0.3) is 23.3 Å². The standard InChI is InChI=1S/C25H22O3/c1-17-6-7-19(16-26)14-21(17)9-8-20-4-3-5-23(18(20)2)22-10-11-24-25(15-22)28-13-12-27-24/h3-11,14-16H,12-13H2,1-2H3/b9-8+. The monoisotopic (exact) mass is 370 g/mol. The van der Waals surface area contributed by atoms with Crippen molar-refractivity contribution in [2.24, 2.45) is 0 Å². The van der Waals surface area contributed by atoms with E-state index in [9.17, 15) is 4.79 Å². The number of carbonyl (C=O) groups is 1. The van der Waals surface area contributed by atoms with Crippen molar-refractivity contribution in [1.82, 2.24) is 0 Å². The van der Waals surface area contributed by atoms with Gasteiger partial charge in [-0.15, -0.1) is 0 Å². The van der Waals surface area contributed by atoms with Gasteiger partial charge in [-0.2, -0.15) is 0 Å². The van der Waals surface area contributed by atoms with Crippen molar-refractivity contribution in [3.05, 3.63) is 82.4 Å². The zero-order chi connectivity index (χ0) is 19.5. The molecule has 0 fully saturated rings. The summed E-state index contributed by atoms with van der Waals surface area (Å²) in [6.45, 7) is 5.35. The zero-order valence-electron chi connectivity index (χ0n) is 16.1. The van der Waals surface area contributed by atoms with Gasteiger partial charge in [-0.3, -0.25) is 4.79 Å². The molecule has 0 spiro atoms. The lowest BCUT2D eigenvalue weighted by Crippen LogP contribution is -2.15. The lowest BCUT2D eigenvalue weighted by atomic mass is 9.95. The molecule has 0 aromatic heterocycles. The topological polar surface area (TPSA) is 35.5 Å². The van der Waals surface area contributed by atoms with Crippen LogP contribution >= 0.6 is 0 Å². The van der Waals surface area contributed by atoms with E-state index in [1.807, 2.05) is 37.3 Å². The van der Waals surface area contributed by atoms with Crippen LogP contribution in [0.2, 0.25) is 0 Å². The first-order valence-electron chi connectivity index (χ1n) is 9.39. The highest BCUT2D eigenvalue weighted by Crippen LogP contribution is 2.36. The summed E-state index contributed by atoms with van der Waals surface area (Å²) >= 11 is 0. The zero-order valence-corrected chi connectivity index (χ0v) is 16.1. The molecule has 0 saturated heterocycles. The fourth-order valence-electron chi connectivity index (χ4n) is 3.45. The number of ether oxygens (including phenoxy) is 2. The quantitative estimate of drug-likeness (QED) is 0.435. The molecule has 3 heteroatoms. The molecule has 3 nitrogen and oxygen atoms in total. The number of aryl methyl sites for hydroxylation is 1. The predicted molar refractivity (Wildman–Crippen MR) is 113 cm³/mol. The second-order valence-electron chi connectivity index (χ2n) is 6.95. The second kappa shape index (κ2) is 7.73. The van der Waals surface area contributed by atoms with E-state index in [0.717, 1.165) is 45.6 Å². The van der Waals surface area contributed by atoms with E-state index in [1.54, 1.807) is 0 Å². The van der Waals surface area contributed by atoms with Gasteiger partial charge in [0.1, 0.15) is 19.5 Å². The lowest BCUT2D eigenvalue weighted by molar-refractivity contribution is 0.112. The van der Waals surface area contributed by atoms with E-state index in [2.05, 4.69) is 43.3 Å². The minimum Gasteiger partial charge on any atom is -0.486 e. The number of benzene rings is 3. The van der Waals surface area contributed by atoms with Gasteiger partial charge in [0.05, 0.1) is 0 Å². The van der Waals surface area contributed by atoms with Gasteiger partial charge < -0.3 is 9.47 Å². The molecule has 0 aliphatic carbocycles. The average Bonchev–Trinajstić information content (AvgIpc) is 2.73. The number of rotatable bonds is 4. The smallest absolute Gasteiger partial charge is 0.161 e. The van der Waals surface area contributed by atoms with E-state index in [4.69, 9.17) is 9.47 Å². The molecule has 1 heterocycles. The Hall–Kier alpha value is -3.33. The summed E-state index contributed by atoms with van der Waals surface area (Å²) in [6, 6.07) is 18.1. The van der Waals surface area contributed by atoms with Crippen molar-refractivity contribution in [1.29, 1.82) is 0 Å². The summed E-state index contributed by atoms with van der Waals surface area (Å²) in [6.07, 6.45) is 5.05. The molecule has 1 aliphatic rings. The Kier molecular flexibility index (Phi) is 4.98. The van der Waals surface area contributed by atoms with Crippen LogP contribution in [-0.2, 0) is 0 Å². The molecular formula is C25H22O3. The molecule has 4 rings (SSSR count). The molecule has 0 saturated carbocycles. The molecule has 0 bridgehead atoms. The largest absolute Gasteiger partial charge is 0.486 e. The van der Waals surface area contributed by atoms with E-state index in [1.165, 1.54) is 5.56 Å². The normalized spacial score (nSPS) is 12.9. The van der Waals surface area contributed by atoms with Gasteiger partial charge >= 0.3 is 0 Å². The van der Waals surface area contributed by atoms with Crippen LogP contribution in [0.3, 0.4) is 0 Å². The van der Waals surface area contributed by atoms with Crippen LogP contribution in [0.5, 0.6) is 11.5 Å². The van der Waals surface area contributed by atoms with Crippen molar-refractivity contribution in [2.45, 2.75) is 13.8 Å². The fourth-order valence-corrected chi connectivity index (χ4v) is 3.45. The van der Waals surface area contributed by atoms with Crippen LogP contribution < -0.4 is 9.47 Å². The van der Waals surface area contributed by atoms with Crippen LogP contribution in [0.4, 0.5) is 0 Å². The van der Waals surface area contributed by atoms with Gasteiger partial charge in [-0.25, -0.2) is 0 Å². The summed E-state index contributed by atoms with van der Waals surface area (Å²) < 4.78 is 11.4. The van der Waals surface area contributed by atoms with Gasteiger partial charge in [0, 0.05) is 5.56 Å². The first-order valence-corrected chi connectivity index (χ1v) is 9.39. The Balaban J connectivity index is 1.69. The summed E-state index contributed by atoms with van der Waals surface area (Å²) in [5.74, 6) is 1.60. The summed E-state index contributed by atoms with van der Waals surface area (Å²) in [5, 5.41) is 0. The molecular weight excluding hydrogens is 348 g/mol. The van der Waals surface area contributed by atoms with Gasteiger partial charge in [-0.1, -0.05) is 48.6 Å². The summed E-state index contributed by atoms with van der Waals surface area (Å²) in [4.78, 5) is 11.1. The molecule has 0 radical (unpaired) electrons. The van der Waals surface area contributed by atoms with E-state index >= 15 is 0 Å². The predicted octanol–water partition coefficient (Wildman–Crippen LogP) is 5.72. The Morgan fingerprint density at radius 3 is 2.43 bits per heavy atom. The van der Waals surface area contributed by atoms with Crippen LogP contribution in [0, 0.1) is 13.8 Å². The molecule has 3 aromatic carbocycles. The molecule has 140 valence electrons. The number of hydrogen-bond donors (Lipinski definition) is 0. The molecule has 0 N–H and O–H groups in total. The lowest BCUT2D eigenvalue weighted by Gasteiger charge is -2.19. The SMILES string of the molecule is Cc1ccc(C=O)cc1/C=C/c1cccc(-c2ccc3c(c2)OCCO3)c1C. The van der Waals surface area contributed by atoms with Crippen LogP contribution in [0.15, 0.2) is 54.6 Å². The van der Waals surface area contributed by atoms with Gasteiger partial charge in [-0.05, 0) is 65.4 Å². The summed E-state index contributed by atoms with van der Waals surface area (Å²) in [7, 11) is 0. The third-order valence-corrected chi connectivity index (χ3v) is 5.11. The Morgan fingerprint density at radius 2 is 1.61 bits per heavy atom. The van der Waals surface area contributed by atoms with Gasteiger partial charge in [0.15, 0.2) is 11.5 Å². The molecule has 1 aliphatic heterocycles. The van der Waals surface area contributed by atoms with Crippen molar-refractivity contribution >= 4 is 18.4 Å². The van der Waals surface area contributed by atoms with Crippen molar-refractivity contribution in [3.63, 3.8) is 0 Å². The molecule has 0 unspecified atom stereocenters. The third-order valence-electron chi connectivity index (χ3n) is 5.11. The Bertz CT molecular complexity index is 1060. The fraction of sp³-hybridized carbons (Fsp3) is 0.160. The number of aldehydes is 1. The van der Waals surface area contributed by atoms with Crippen LogP contribution in [-0.4, -0.2) is 19.5 Å². The number of fused-ring (bicyclic) bond motifs is 1. The number of carbonyl (C=O) groups excluding carboxylic acids is 1. The Morgan fingerprint density at radius 1 is 0.821 bits per heavy atom. The minimum absolute atomic E-state index is 0.581. The first kappa shape index (κ1) is 18.1. The first-order chi connectivity index (χ1) is 13.7. The third kappa shape index (κ3) is 3.56. The van der Waals surface area contributed by atoms with Crippen molar-refractivity contribution < 1.29 is 14.3 Å². The highest BCUT2D eigenvalue weighted by atomic mass is 16.6. The maximum Gasteiger partial charge on any atom is 0.161 e. The average molecular weight is 370 g/mol. The Labute approximate surface area is 165 Å². The maximum atomic E-state index is 11.1. The van der Waals surface area contributed by atoms with Crippen molar-refractivity contribution in [3.8, 4) is 22.6 Å². The molecule has 0 atom stereocenters. The highest BCUT2D eigenvalue weighted by molar-refractivity contribution is 5.81. The summed E-state index contributed by atoms with van der Waals surface area (Å²) in [5.41, 5.74) is 7.49. The van der Waals surface area contributed by atoms with E-state index < -0.39 is 0 Å².